The summed E-state index contributed by atoms with van der Waals surface area (Å²) in [5.74, 6) is 1.82. The highest BCUT2D eigenvalue weighted by Gasteiger charge is 2.13. The fourth-order valence-electron chi connectivity index (χ4n) is 2.96. The Balaban J connectivity index is 1.72. The number of hydrogen-bond donors (Lipinski definition) is 2. The molecule has 7 heteroatoms. The monoisotopic (exact) mass is 347 g/mol. The third-order valence-electron chi connectivity index (χ3n) is 4.17. The number of ether oxygens (including phenoxy) is 1. The van der Waals surface area contributed by atoms with E-state index in [-0.39, 0.29) is 0 Å². The first kappa shape index (κ1) is 16.8. The number of halogens is 1. The van der Waals surface area contributed by atoms with Crippen molar-refractivity contribution >= 4 is 29.1 Å². The molecule has 1 heterocycles. The van der Waals surface area contributed by atoms with Gasteiger partial charge in [-0.05, 0) is 31.0 Å². The average Bonchev–Trinajstić information content (AvgIpc) is 2.84. The Labute approximate surface area is 147 Å². The molecule has 0 unspecified atom stereocenters. The van der Waals surface area contributed by atoms with Gasteiger partial charge < -0.3 is 15.4 Å². The summed E-state index contributed by atoms with van der Waals surface area (Å²) >= 11 is 6.05. The molecule has 0 spiro atoms. The average molecular weight is 348 g/mol. The van der Waals surface area contributed by atoms with Crippen molar-refractivity contribution in [3.05, 3.63) is 29.4 Å². The molecule has 0 aliphatic heterocycles. The number of rotatable bonds is 5. The van der Waals surface area contributed by atoms with Crippen LogP contribution < -0.4 is 15.4 Å². The first-order chi connectivity index (χ1) is 11.7. The highest BCUT2D eigenvalue weighted by molar-refractivity contribution is 6.30. The minimum Gasteiger partial charge on any atom is -0.495 e. The Bertz CT molecular complexity index is 674. The van der Waals surface area contributed by atoms with Crippen LogP contribution in [0.15, 0.2) is 24.4 Å². The number of benzene rings is 1. The predicted molar refractivity (Wildman–Crippen MR) is 96.2 cm³/mol. The van der Waals surface area contributed by atoms with Crippen LogP contribution in [0.25, 0.3) is 0 Å². The van der Waals surface area contributed by atoms with Gasteiger partial charge in [-0.1, -0.05) is 37.3 Å². The normalized spacial score (nSPS) is 15.6. The number of methoxy groups -OCH3 is 1. The van der Waals surface area contributed by atoms with Crippen LogP contribution >= 0.6 is 11.6 Å². The van der Waals surface area contributed by atoms with Crippen molar-refractivity contribution in [2.75, 3.05) is 17.7 Å². The number of anilines is 3. The number of aromatic nitrogens is 3. The van der Waals surface area contributed by atoms with E-state index >= 15 is 0 Å². The standard InChI is InChI=1S/C17H22ClN5O/c1-24-15-9-8-12(18)10-14(15)21-17-22-16(11-19-23-17)20-13-6-4-2-3-5-7-13/h8-11,13H,2-7H2,1H3,(H2,20,21,22,23). The second kappa shape index (κ2) is 8.15. The van der Waals surface area contributed by atoms with Gasteiger partial charge in [0, 0.05) is 11.1 Å². The Morgan fingerprint density at radius 3 is 2.71 bits per heavy atom. The van der Waals surface area contributed by atoms with Crippen LogP contribution in [0.4, 0.5) is 17.5 Å². The van der Waals surface area contributed by atoms with E-state index in [9.17, 15) is 0 Å². The molecule has 1 aliphatic rings. The van der Waals surface area contributed by atoms with Gasteiger partial charge in [-0.2, -0.15) is 10.1 Å². The summed E-state index contributed by atoms with van der Waals surface area (Å²) in [4.78, 5) is 4.50. The summed E-state index contributed by atoms with van der Waals surface area (Å²) in [5.41, 5.74) is 0.707. The summed E-state index contributed by atoms with van der Waals surface area (Å²) < 4.78 is 5.33. The van der Waals surface area contributed by atoms with E-state index in [0.717, 1.165) is 5.82 Å². The molecule has 24 heavy (non-hydrogen) atoms. The molecule has 0 bridgehead atoms. The first-order valence-electron chi connectivity index (χ1n) is 8.31. The van der Waals surface area contributed by atoms with E-state index < -0.39 is 0 Å². The van der Waals surface area contributed by atoms with Crippen LogP contribution in [0.2, 0.25) is 5.02 Å². The fourth-order valence-corrected chi connectivity index (χ4v) is 3.13. The van der Waals surface area contributed by atoms with Gasteiger partial charge >= 0.3 is 0 Å². The Morgan fingerprint density at radius 2 is 1.96 bits per heavy atom. The second-order valence-corrected chi connectivity index (χ2v) is 6.40. The van der Waals surface area contributed by atoms with Crippen LogP contribution in [0.1, 0.15) is 38.5 Å². The Kier molecular flexibility index (Phi) is 5.69. The molecular formula is C17H22ClN5O. The Morgan fingerprint density at radius 1 is 1.17 bits per heavy atom. The summed E-state index contributed by atoms with van der Waals surface area (Å²) in [6, 6.07) is 5.80. The third kappa shape index (κ3) is 4.47. The second-order valence-electron chi connectivity index (χ2n) is 5.97. The molecule has 6 nitrogen and oxygen atoms in total. The minimum absolute atomic E-state index is 0.411. The topological polar surface area (TPSA) is 72.0 Å². The van der Waals surface area contributed by atoms with Crippen LogP contribution in [-0.2, 0) is 0 Å². The molecule has 1 aliphatic carbocycles. The van der Waals surface area contributed by atoms with Crippen molar-refractivity contribution in [2.24, 2.45) is 0 Å². The number of nitrogens with one attached hydrogen (secondary N) is 2. The smallest absolute Gasteiger partial charge is 0.249 e. The van der Waals surface area contributed by atoms with Crippen molar-refractivity contribution in [2.45, 2.75) is 44.6 Å². The number of hydrogen-bond acceptors (Lipinski definition) is 6. The molecule has 0 amide bonds. The van der Waals surface area contributed by atoms with Crippen molar-refractivity contribution in [3.63, 3.8) is 0 Å². The van der Waals surface area contributed by atoms with E-state index in [0.29, 0.717) is 28.4 Å². The number of nitrogens with zero attached hydrogens (tertiary/aromatic N) is 3. The molecule has 128 valence electrons. The van der Waals surface area contributed by atoms with Gasteiger partial charge in [0.15, 0.2) is 5.82 Å². The lowest BCUT2D eigenvalue weighted by atomic mass is 10.1. The molecule has 0 saturated heterocycles. The molecule has 3 rings (SSSR count). The summed E-state index contributed by atoms with van der Waals surface area (Å²) in [5, 5.41) is 15.3. The maximum atomic E-state index is 6.05. The van der Waals surface area contributed by atoms with Crippen molar-refractivity contribution in [1.29, 1.82) is 0 Å². The lowest BCUT2D eigenvalue weighted by Crippen LogP contribution is -2.19. The van der Waals surface area contributed by atoms with Gasteiger partial charge in [0.05, 0.1) is 19.0 Å². The largest absolute Gasteiger partial charge is 0.495 e. The van der Waals surface area contributed by atoms with Crippen LogP contribution in [-0.4, -0.2) is 28.3 Å². The molecule has 1 aromatic heterocycles. The van der Waals surface area contributed by atoms with E-state index in [1.807, 2.05) is 0 Å². The zero-order chi connectivity index (χ0) is 16.8. The molecule has 1 fully saturated rings. The van der Waals surface area contributed by atoms with Crippen molar-refractivity contribution < 1.29 is 4.74 Å². The first-order valence-corrected chi connectivity index (χ1v) is 8.69. The molecule has 1 saturated carbocycles. The van der Waals surface area contributed by atoms with Crippen LogP contribution in [0, 0.1) is 0 Å². The van der Waals surface area contributed by atoms with E-state index in [1.165, 1.54) is 38.5 Å². The van der Waals surface area contributed by atoms with Gasteiger partial charge in [-0.25, -0.2) is 0 Å². The van der Waals surface area contributed by atoms with E-state index in [2.05, 4.69) is 25.8 Å². The van der Waals surface area contributed by atoms with Gasteiger partial charge in [0.2, 0.25) is 5.95 Å². The quantitative estimate of drug-likeness (QED) is 0.780. The predicted octanol–water partition coefficient (Wildman–Crippen LogP) is 4.41. The third-order valence-corrected chi connectivity index (χ3v) is 4.41. The maximum absolute atomic E-state index is 6.05. The lowest BCUT2D eigenvalue weighted by Gasteiger charge is -2.17. The summed E-state index contributed by atoms with van der Waals surface area (Å²) in [6.45, 7) is 0. The molecule has 2 N–H and O–H groups in total. The van der Waals surface area contributed by atoms with Crippen LogP contribution in [0.5, 0.6) is 5.75 Å². The SMILES string of the molecule is COc1ccc(Cl)cc1Nc1nncc(NC2CCCCCC2)n1. The maximum Gasteiger partial charge on any atom is 0.249 e. The van der Waals surface area contributed by atoms with Crippen molar-refractivity contribution in [1.82, 2.24) is 15.2 Å². The van der Waals surface area contributed by atoms with E-state index in [1.54, 1.807) is 31.5 Å². The van der Waals surface area contributed by atoms with Gasteiger partial charge in [-0.3, -0.25) is 0 Å². The zero-order valence-electron chi connectivity index (χ0n) is 13.8. The molecule has 1 aromatic carbocycles. The lowest BCUT2D eigenvalue weighted by molar-refractivity contribution is 0.417. The van der Waals surface area contributed by atoms with Gasteiger partial charge in [0.1, 0.15) is 5.75 Å². The molecule has 0 radical (unpaired) electrons. The molecule has 2 aromatic rings. The highest BCUT2D eigenvalue weighted by atomic mass is 35.5. The van der Waals surface area contributed by atoms with Gasteiger partial charge in [0.25, 0.3) is 0 Å². The summed E-state index contributed by atoms with van der Waals surface area (Å²) in [6.07, 6.45) is 9.18. The van der Waals surface area contributed by atoms with Gasteiger partial charge in [-0.15, -0.1) is 5.10 Å². The Hall–Kier alpha value is -2.08. The highest BCUT2D eigenvalue weighted by Crippen LogP contribution is 2.29. The molecular weight excluding hydrogens is 326 g/mol. The fraction of sp³-hybridized carbons (Fsp3) is 0.471. The van der Waals surface area contributed by atoms with E-state index in [4.69, 9.17) is 16.3 Å². The zero-order valence-corrected chi connectivity index (χ0v) is 14.5. The van der Waals surface area contributed by atoms with Crippen molar-refractivity contribution in [3.8, 4) is 5.75 Å². The molecule has 0 atom stereocenters. The summed E-state index contributed by atoms with van der Waals surface area (Å²) in [7, 11) is 1.61. The van der Waals surface area contributed by atoms with Crippen LogP contribution in [0.3, 0.4) is 0 Å². The minimum atomic E-state index is 0.411.